The van der Waals surface area contributed by atoms with E-state index in [0.29, 0.717) is 63.6 Å². The lowest BCUT2D eigenvalue weighted by Crippen LogP contribution is -2.52. The molecule has 1 N–H and O–H groups in total. The predicted octanol–water partition coefficient (Wildman–Crippen LogP) is 4.75. The first-order chi connectivity index (χ1) is 21.2. The van der Waals surface area contributed by atoms with Gasteiger partial charge in [-0.15, -0.1) is 0 Å². The number of H-pyrrole nitrogens is 1. The molecular weight excluding hydrogens is 560 g/mol. The number of carbonyl (C=O) groups is 2. The van der Waals surface area contributed by atoms with Gasteiger partial charge in [0.1, 0.15) is 17.3 Å². The van der Waals surface area contributed by atoms with E-state index in [2.05, 4.69) is 28.2 Å². The quantitative estimate of drug-likeness (QED) is 0.451. The minimum atomic E-state index is -0.641. The van der Waals surface area contributed by atoms with Crippen molar-refractivity contribution in [1.82, 2.24) is 24.7 Å². The zero-order valence-electron chi connectivity index (χ0n) is 25.5. The molecular formula is C33H38N6O5. The van der Waals surface area contributed by atoms with Crippen LogP contribution < -0.4 is 0 Å². The molecule has 3 aromatic rings. The van der Waals surface area contributed by atoms with Gasteiger partial charge in [-0.05, 0) is 74.4 Å². The second-order valence-corrected chi connectivity index (χ2v) is 13.2. The zero-order chi connectivity index (χ0) is 30.6. The highest BCUT2D eigenvalue weighted by atomic mass is 16.6. The summed E-state index contributed by atoms with van der Waals surface area (Å²) in [6.45, 7) is 9.06. The van der Waals surface area contributed by atoms with Gasteiger partial charge in [-0.3, -0.25) is 4.90 Å². The molecule has 3 fully saturated rings. The number of likely N-dealkylation sites (tertiary alicyclic amines) is 1. The number of nitrogens with one attached hydrogen (secondary N) is 1. The van der Waals surface area contributed by atoms with E-state index in [4.69, 9.17) is 14.2 Å². The van der Waals surface area contributed by atoms with Crippen LogP contribution in [0, 0.1) is 11.3 Å². The Kier molecular flexibility index (Phi) is 7.22. The molecule has 11 nitrogen and oxygen atoms in total. The van der Waals surface area contributed by atoms with Gasteiger partial charge in [0.05, 0.1) is 37.0 Å². The largest absolute Gasteiger partial charge is 0.444 e. The maximum absolute atomic E-state index is 13.8. The molecule has 2 unspecified atom stereocenters. The van der Waals surface area contributed by atoms with Crippen LogP contribution >= 0.6 is 0 Å². The van der Waals surface area contributed by atoms with Crippen molar-refractivity contribution in [2.24, 2.45) is 0 Å². The molecule has 11 heteroatoms. The molecule has 4 aliphatic rings. The van der Waals surface area contributed by atoms with Gasteiger partial charge in [0, 0.05) is 56.1 Å². The van der Waals surface area contributed by atoms with Gasteiger partial charge in [0.25, 0.3) is 0 Å². The molecule has 2 aromatic heterocycles. The molecule has 0 radical (unpaired) electrons. The number of hydrogen-bond donors (Lipinski definition) is 1. The van der Waals surface area contributed by atoms with Gasteiger partial charge in [-0.2, -0.15) is 5.26 Å². The van der Waals surface area contributed by atoms with Crippen molar-refractivity contribution in [2.75, 3.05) is 39.4 Å². The summed E-state index contributed by atoms with van der Waals surface area (Å²) in [4.78, 5) is 40.6. The van der Waals surface area contributed by atoms with Crippen LogP contribution in [0.5, 0.6) is 0 Å². The van der Waals surface area contributed by atoms with Crippen LogP contribution in [-0.2, 0) is 27.2 Å². The first-order valence-electron chi connectivity index (χ1n) is 15.5. The van der Waals surface area contributed by atoms with Crippen LogP contribution in [0.3, 0.4) is 0 Å². The predicted molar refractivity (Wildman–Crippen MR) is 162 cm³/mol. The van der Waals surface area contributed by atoms with Crippen molar-refractivity contribution >= 4 is 23.2 Å². The van der Waals surface area contributed by atoms with E-state index in [1.807, 2.05) is 36.6 Å². The summed E-state index contributed by atoms with van der Waals surface area (Å²) in [6.07, 6.45) is 6.04. The fourth-order valence-corrected chi connectivity index (χ4v) is 6.95. The molecule has 1 aromatic carbocycles. The van der Waals surface area contributed by atoms with E-state index in [0.717, 1.165) is 46.0 Å². The molecule has 0 saturated carbocycles. The third-order valence-corrected chi connectivity index (χ3v) is 9.06. The minimum absolute atomic E-state index is 0.0425. The van der Waals surface area contributed by atoms with E-state index in [-0.39, 0.29) is 30.4 Å². The Bertz CT molecular complexity index is 1640. The number of hydrogen-bond acceptors (Lipinski definition) is 7. The summed E-state index contributed by atoms with van der Waals surface area (Å²) in [5, 5.41) is 10.4. The third-order valence-electron chi connectivity index (χ3n) is 9.06. The Morgan fingerprint density at radius 1 is 1.09 bits per heavy atom. The maximum atomic E-state index is 13.8. The lowest BCUT2D eigenvalue weighted by Gasteiger charge is -2.41. The molecule has 7 rings (SSSR count). The zero-order valence-corrected chi connectivity index (χ0v) is 25.5. The molecule has 4 aliphatic heterocycles. The Morgan fingerprint density at radius 3 is 2.64 bits per heavy atom. The third kappa shape index (κ3) is 5.37. The number of carbonyl (C=O) groups excluding carboxylic acids is 2. The number of urea groups is 1. The first-order valence-corrected chi connectivity index (χ1v) is 15.5. The van der Waals surface area contributed by atoms with E-state index in [9.17, 15) is 14.9 Å². The normalized spacial score (nSPS) is 23.4. The average molecular weight is 599 g/mol. The van der Waals surface area contributed by atoms with Crippen LogP contribution in [0.2, 0.25) is 0 Å². The van der Waals surface area contributed by atoms with E-state index in [1.54, 1.807) is 17.3 Å². The molecule has 3 amide bonds. The van der Waals surface area contributed by atoms with Gasteiger partial charge in [-0.25, -0.2) is 14.6 Å². The topological polar surface area (TPSA) is 124 Å². The highest BCUT2D eigenvalue weighted by Gasteiger charge is 2.39. The number of nitrogens with zero attached hydrogens (tertiary/aromatic N) is 5. The number of pyridine rings is 1. The lowest BCUT2D eigenvalue weighted by molar-refractivity contribution is -0.0337. The summed E-state index contributed by atoms with van der Waals surface area (Å²) in [5.74, 6) is 0. The van der Waals surface area contributed by atoms with Gasteiger partial charge >= 0.3 is 12.1 Å². The summed E-state index contributed by atoms with van der Waals surface area (Å²) < 4.78 is 17.8. The first kappa shape index (κ1) is 28.6. The molecule has 230 valence electrons. The molecule has 44 heavy (non-hydrogen) atoms. The van der Waals surface area contributed by atoms with Crippen molar-refractivity contribution in [1.29, 1.82) is 5.26 Å². The number of aromatic amines is 1. The highest BCUT2D eigenvalue weighted by molar-refractivity contribution is 5.87. The minimum Gasteiger partial charge on any atom is -0.444 e. The van der Waals surface area contributed by atoms with Crippen LogP contribution in [0.4, 0.5) is 9.59 Å². The van der Waals surface area contributed by atoms with E-state index < -0.39 is 5.60 Å². The number of benzene rings is 1. The number of aromatic nitrogens is 2. The van der Waals surface area contributed by atoms with Gasteiger partial charge < -0.3 is 29.0 Å². The SMILES string of the molecule is CC(C)(C)OC(=O)N1CCOC[C@H]1c1cc(-c2cnc3[nH]cc(C#N)c3c2)cc2c1CN(C(=O)N1CC3CCC(C1)O3)CC2. The molecule has 3 atom stereocenters. The Morgan fingerprint density at radius 2 is 1.89 bits per heavy atom. The van der Waals surface area contributed by atoms with Crippen molar-refractivity contribution in [3.05, 3.63) is 52.8 Å². The monoisotopic (exact) mass is 598 g/mol. The Balaban J connectivity index is 1.28. The fraction of sp³-hybridized carbons (Fsp3) is 0.515. The molecule has 0 spiro atoms. The van der Waals surface area contributed by atoms with E-state index >= 15 is 0 Å². The van der Waals surface area contributed by atoms with Crippen LogP contribution in [0.15, 0.2) is 30.6 Å². The van der Waals surface area contributed by atoms with Crippen molar-refractivity contribution < 1.29 is 23.8 Å². The van der Waals surface area contributed by atoms with Crippen molar-refractivity contribution in [2.45, 2.75) is 70.4 Å². The number of nitriles is 1. The Hall–Kier alpha value is -4.14. The molecule has 0 aliphatic carbocycles. The number of ether oxygens (including phenoxy) is 3. The summed E-state index contributed by atoms with van der Waals surface area (Å²) in [6, 6.07) is 8.13. The lowest BCUT2D eigenvalue weighted by atomic mass is 9.87. The van der Waals surface area contributed by atoms with Crippen LogP contribution in [0.25, 0.3) is 22.2 Å². The maximum Gasteiger partial charge on any atom is 0.410 e. The summed E-state index contributed by atoms with van der Waals surface area (Å²) in [7, 11) is 0. The van der Waals surface area contributed by atoms with Crippen molar-refractivity contribution in [3.63, 3.8) is 0 Å². The molecule has 3 saturated heterocycles. The van der Waals surface area contributed by atoms with Gasteiger partial charge in [0.2, 0.25) is 0 Å². The van der Waals surface area contributed by atoms with E-state index in [1.165, 1.54) is 0 Å². The molecule has 6 heterocycles. The van der Waals surface area contributed by atoms with Gasteiger partial charge in [0.15, 0.2) is 0 Å². The number of rotatable bonds is 2. The highest BCUT2D eigenvalue weighted by Crippen LogP contribution is 2.38. The summed E-state index contributed by atoms with van der Waals surface area (Å²) in [5.41, 5.74) is 5.49. The summed E-state index contributed by atoms with van der Waals surface area (Å²) >= 11 is 0. The van der Waals surface area contributed by atoms with Crippen LogP contribution in [0.1, 0.15) is 61.9 Å². The smallest absolute Gasteiger partial charge is 0.410 e. The second kappa shape index (κ2) is 11.1. The van der Waals surface area contributed by atoms with Crippen LogP contribution in [-0.4, -0.2) is 94.0 Å². The fourth-order valence-electron chi connectivity index (χ4n) is 6.95. The molecule has 2 bridgehead atoms. The number of fused-ring (bicyclic) bond motifs is 4. The second-order valence-electron chi connectivity index (χ2n) is 13.2. The average Bonchev–Trinajstić information content (AvgIpc) is 3.59. The standard InChI is InChI=1S/C33H38N6O5/c1-33(2,3)44-32(41)39-8-9-42-19-29(39)27-11-21(22-12-26-23(13-34)15-36-30(26)35-14-22)10-20-6-7-37(18-28(20)27)31(40)38-16-24-4-5-25(17-38)43-24/h10-12,14-15,24-25,29H,4-9,16-19H2,1-3H3,(H,35,36)/t24?,25?,29-/m0/s1. The number of amides is 3. The van der Waals surface area contributed by atoms with Gasteiger partial charge in [-0.1, -0.05) is 6.07 Å². The number of morpholine rings is 2. The Labute approximate surface area is 256 Å². The van der Waals surface area contributed by atoms with Crippen molar-refractivity contribution in [3.8, 4) is 17.2 Å².